The number of hydrogen-bond donors (Lipinski definition) is 2. The molecular weight excluding hydrogens is 382 g/mol. The van der Waals surface area contributed by atoms with E-state index in [0.29, 0.717) is 19.0 Å². The van der Waals surface area contributed by atoms with Crippen LogP contribution in [0.3, 0.4) is 0 Å². The summed E-state index contributed by atoms with van der Waals surface area (Å²) in [5.74, 6) is 0.669. The lowest BCUT2D eigenvalue weighted by molar-refractivity contribution is -0.119. The molecule has 0 radical (unpaired) electrons. The van der Waals surface area contributed by atoms with Crippen LogP contribution < -0.4 is 19.7 Å². The van der Waals surface area contributed by atoms with Crippen molar-refractivity contribution in [3.8, 4) is 5.75 Å². The van der Waals surface area contributed by atoms with Crippen LogP contribution in [-0.2, 0) is 19.6 Å². The molecule has 2 fully saturated rings. The Balaban J connectivity index is 1.57. The number of carbonyl (C=O) groups excluding carboxylic acids is 1. The zero-order chi connectivity index (χ0) is 20.3. The molecule has 0 bridgehead atoms. The second kappa shape index (κ2) is 8.67. The van der Waals surface area contributed by atoms with Crippen molar-refractivity contribution >= 4 is 21.6 Å². The van der Waals surface area contributed by atoms with Crippen LogP contribution in [0.25, 0.3) is 0 Å². The number of rotatable bonds is 7. The smallest absolute Gasteiger partial charge is 0.217 e. The van der Waals surface area contributed by atoms with E-state index in [1.165, 1.54) is 6.92 Å². The minimum Gasteiger partial charge on any atom is -0.486 e. The van der Waals surface area contributed by atoms with Crippen molar-refractivity contribution in [1.29, 1.82) is 0 Å². The Hall–Kier alpha value is -1.84. The highest BCUT2D eigenvalue weighted by Crippen LogP contribution is 2.25. The zero-order valence-corrected chi connectivity index (χ0v) is 17.4. The molecule has 1 amide bonds. The second-order valence-electron chi connectivity index (χ2n) is 7.64. The van der Waals surface area contributed by atoms with Gasteiger partial charge in [-0.05, 0) is 44.5 Å². The van der Waals surface area contributed by atoms with E-state index in [2.05, 4.69) is 14.9 Å². The number of carbonyl (C=O) groups is 1. The van der Waals surface area contributed by atoms with Gasteiger partial charge in [0.25, 0.3) is 0 Å². The first-order valence-electron chi connectivity index (χ1n) is 9.62. The van der Waals surface area contributed by atoms with Gasteiger partial charge in [-0.15, -0.1) is 0 Å². The van der Waals surface area contributed by atoms with Crippen molar-refractivity contribution in [2.45, 2.75) is 50.6 Å². The number of amides is 1. The molecule has 9 heteroatoms. The number of nitrogens with one attached hydrogen (secondary N) is 2. The summed E-state index contributed by atoms with van der Waals surface area (Å²) in [6.07, 6.45) is 0.560. The molecule has 2 unspecified atom stereocenters. The van der Waals surface area contributed by atoms with E-state index in [9.17, 15) is 13.2 Å². The van der Waals surface area contributed by atoms with Gasteiger partial charge in [0.05, 0.1) is 24.5 Å². The Kier molecular flexibility index (Phi) is 6.47. The average molecular weight is 412 g/mol. The molecule has 2 N–H and O–H groups in total. The highest BCUT2D eigenvalue weighted by molar-refractivity contribution is 7.90. The maximum absolute atomic E-state index is 12.1. The number of anilines is 1. The molecule has 1 aromatic rings. The third kappa shape index (κ3) is 5.15. The largest absolute Gasteiger partial charge is 0.486 e. The van der Waals surface area contributed by atoms with Gasteiger partial charge in [-0.1, -0.05) is 0 Å². The molecule has 0 spiro atoms. The lowest BCUT2D eigenvalue weighted by Crippen LogP contribution is -2.47. The summed E-state index contributed by atoms with van der Waals surface area (Å²) < 4.78 is 38.3. The number of hydrogen-bond acceptors (Lipinski definition) is 6. The van der Waals surface area contributed by atoms with Gasteiger partial charge in [0.1, 0.15) is 11.9 Å². The van der Waals surface area contributed by atoms with E-state index in [4.69, 9.17) is 9.47 Å². The number of ether oxygens (including phenoxy) is 2. The standard InChI is InChI=1S/C19H29N3O5S/c1-13(2)28(24,25)21-18-11-26-12-19(18)27-17-6-4-16(5-7-17)22-9-8-15(10-22)20-14(3)23/h4-7,13,15,18-19,21H,8-12H2,1-3H3,(H,20,23)/t15?,18?,19-/m1/s1. The first-order valence-corrected chi connectivity index (χ1v) is 11.2. The van der Waals surface area contributed by atoms with Gasteiger partial charge in [-0.3, -0.25) is 4.79 Å². The van der Waals surface area contributed by atoms with E-state index >= 15 is 0 Å². The molecule has 2 heterocycles. The predicted octanol–water partition coefficient (Wildman–Crippen LogP) is 0.875. The molecule has 3 atom stereocenters. The molecule has 0 aromatic heterocycles. The molecule has 2 aliphatic heterocycles. The topological polar surface area (TPSA) is 97.0 Å². The quantitative estimate of drug-likeness (QED) is 0.691. The Bertz CT molecular complexity index is 781. The Labute approximate surface area is 166 Å². The molecule has 0 saturated carbocycles. The molecular formula is C19H29N3O5S. The van der Waals surface area contributed by atoms with Gasteiger partial charge in [0.15, 0.2) is 0 Å². The molecule has 8 nitrogen and oxygen atoms in total. The molecule has 2 saturated heterocycles. The molecule has 3 rings (SSSR count). The van der Waals surface area contributed by atoms with Crippen molar-refractivity contribution in [3.05, 3.63) is 24.3 Å². The number of benzene rings is 1. The summed E-state index contributed by atoms with van der Waals surface area (Å²) in [6, 6.07) is 7.51. The molecule has 0 aliphatic carbocycles. The van der Waals surface area contributed by atoms with E-state index in [-0.39, 0.29) is 18.1 Å². The average Bonchev–Trinajstić information content (AvgIpc) is 3.25. The van der Waals surface area contributed by atoms with Crippen LogP contribution in [0.1, 0.15) is 27.2 Å². The fraction of sp³-hybridized carbons (Fsp3) is 0.632. The first kappa shape index (κ1) is 20.9. The van der Waals surface area contributed by atoms with Crippen molar-refractivity contribution in [3.63, 3.8) is 0 Å². The molecule has 1 aromatic carbocycles. The Morgan fingerprint density at radius 2 is 1.96 bits per heavy atom. The van der Waals surface area contributed by atoms with Crippen LogP contribution in [0.2, 0.25) is 0 Å². The fourth-order valence-corrected chi connectivity index (χ4v) is 4.33. The lowest BCUT2D eigenvalue weighted by atomic mass is 10.2. The van der Waals surface area contributed by atoms with Gasteiger partial charge in [-0.2, -0.15) is 0 Å². The van der Waals surface area contributed by atoms with E-state index in [0.717, 1.165) is 25.2 Å². The maximum atomic E-state index is 12.1. The Morgan fingerprint density at radius 3 is 2.61 bits per heavy atom. The Morgan fingerprint density at radius 1 is 1.25 bits per heavy atom. The van der Waals surface area contributed by atoms with Crippen molar-refractivity contribution in [2.75, 3.05) is 31.2 Å². The monoisotopic (exact) mass is 411 g/mol. The van der Waals surface area contributed by atoms with Crippen LogP contribution >= 0.6 is 0 Å². The second-order valence-corrected chi connectivity index (χ2v) is 9.91. The predicted molar refractivity (Wildman–Crippen MR) is 107 cm³/mol. The highest BCUT2D eigenvalue weighted by Gasteiger charge is 2.34. The number of nitrogens with zero attached hydrogens (tertiary/aromatic N) is 1. The third-order valence-electron chi connectivity index (χ3n) is 5.05. The van der Waals surface area contributed by atoms with E-state index in [1.807, 2.05) is 24.3 Å². The SMILES string of the molecule is CC(=O)NC1CCN(c2ccc(O[C@@H]3COCC3NS(=O)(=O)C(C)C)cc2)C1. The van der Waals surface area contributed by atoms with Crippen molar-refractivity contribution in [2.24, 2.45) is 0 Å². The normalized spacial score (nSPS) is 25.3. The first-order chi connectivity index (χ1) is 13.2. The minimum atomic E-state index is -3.39. The number of sulfonamides is 1. The molecule has 2 aliphatic rings. The summed E-state index contributed by atoms with van der Waals surface area (Å²) in [7, 11) is -3.39. The zero-order valence-electron chi connectivity index (χ0n) is 16.6. The van der Waals surface area contributed by atoms with Crippen molar-refractivity contribution < 1.29 is 22.7 Å². The summed E-state index contributed by atoms with van der Waals surface area (Å²) >= 11 is 0. The van der Waals surface area contributed by atoms with Crippen LogP contribution in [-0.4, -0.2) is 64.1 Å². The van der Waals surface area contributed by atoms with Crippen LogP contribution in [0.4, 0.5) is 5.69 Å². The van der Waals surface area contributed by atoms with Gasteiger partial charge in [-0.25, -0.2) is 13.1 Å². The van der Waals surface area contributed by atoms with Gasteiger partial charge < -0.3 is 19.7 Å². The van der Waals surface area contributed by atoms with Crippen LogP contribution in [0.15, 0.2) is 24.3 Å². The summed E-state index contributed by atoms with van der Waals surface area (Å²) in [5.41, 5.74) is 1.07. The minimum absolute atomic E-state index is 0.00275. The molecule has 156 valence electrons. The molecule has 28 heavy (non-hydrogen) atoms. The van der Waals surface area contributed by atoms with Gasteiger partial charge >= 0.3 is 0 Å². The summed E-state index contributed by atoms with van der Waals surface area (Å²) in [5, 5.41) is 2.45. The van der Waals surface area contributed by atoms with Crippen LogP contribution in [0, 0.1) is 0 Å². The van der Waals surface area contributed by atoms with E-state index in [1.54, 1.807) is 13.8 Å². The maximum Gasteiger partial charge on any atom is 0.217 e. The van der Waals surface area contributed by atoms with Gasteiger partial charge in [0.2, 0.25) is 15.9 Å². The van der Waals surface area contributed by atoms with Crippen LogP contribution in [0.5, 0.6) is 5.75 Å². The fourth-order valence-electron chi connectivity index (χ4n) is 3.42. The summed E-state index contributed by atoms with van der Waals surface area (Å²) in [6.45, 7) is 7.14. The van der Waals surface area contributed by atoms with Crippen molar-refractivity contribution in [1.82, 2.24) is 10.0 Å². The highest BCUT2D eigenvalue weighted by atomic mass is 32.2. The summed E-state index contributed by atoms with van der Waals surface area (Å²) in [4.78, 5) is 13.4. The third-order valence-corrected chi connectivity index (χ3v) is 6.92. The lowest BCUT2D eigenvalue weighted by Gasteiger charge is -2.22. The van der Waals surface area contributed by atoms with E-state index < -0.39 is 21.3 Å². The van der Waals surface area contributed by atoms with Gasteiger partial charge in [0, 0.05) is 31.7 Å².